The second-order valence-corrected chi connectivity index (χ2v) is 13.9. The van der Waals surface area contributed by atoms with Gasteiger partial charge in [0.05, 0.1) is 5.69 Å². The molecule has 3 heterocycles. The van der Waals surface area contributed by atoms with Gasteiger partial charge in [-0.05, 0) is 89.7 Å². The van der Waals surface area contributed by atoms with Crippen LogP contribution in [0.4, 0.5) is 11.4 Å². The van der Waals surface area contributed by atoms with Crippen LogP contribution in [-0.4, -0.2) is 6.10 Å². The first-order valence-corrected chi connectivity index (χ1v) is 18.0. The quantitative estimate of drug-likeness (QED) is 0.198. The van der Waals surface area contributed by atoms with E-state index in [2.05, 4.69) is 139 Å². The normalized spacial score (nSPS) is 17.9. The number of anilines is 2. The van der Waals surface area contributed by atoms with Gasteiger partial charge in [0.15, 0.2) is 5.58 Å². The van der Waals surface area contributed by atoms with Crippen LogP contribution in [0.25, 0.3) is 71.7 Å². The Bertz CT molecular complexity index is 2860. The molecule has 0 bridgehead atoms. The SMILES string of the molecule is C1=CC2C3=CCCC=C3OC2C(c2cc(Nc3c(-c4ccc5c(c4)oc4ccccc45)ccc4c3oc3ccccc34)cc(-c3ccccc3)c2)=C1. The number of furan rings is 2. The number of ether oxygens (including phenoxy) is 1. The molecule has 0 saturated carbocycles. The molecule has 1 aliphatic heterocycles. The minimum atomic E-state index is -0.0654. The van der Waals surface area contributed by atoms with E-state index in [0.29, 0.717) is 0 Å². The highest BCUT2D eigenvalue weighted by molar-refractivity contribution is 6.13. The third-order valence-corrected chi connectivity index (χ3v) is 10.9. The largest absolute Gasteiger partial charge is 0.485 e. The molecule has 0 spiro atoms. The van der Waals surface area contributed by atoms with Crippen molar-refractivity contribution in [3.8, 4) is 22.3 Å². The Morgan fingerprint density at radius 3 is 2.15 bits per heavy atom. The summed E-state index contributed by atoms with van der Waals surface area (Å²) >= 11 is 0. The smallest absolute Gasteiger partial charge is 0.159 e. The number of fused-ring (bicyclic) bond motifs is 9. The Morgan fingerprint density at radius 2 is 1.27 bits per heavy atom. The van der Waals surface area contributed by atoms with Gasteiger partial charge in [0.25, 0.3) is 0 Å². The van der Waals surface area contributed by atoms with Gasteiger partial charge in [0, 0.05) is 49.9 Å². The average molecular weight is 672 g/mol. The number of rotatable bonds is 5. The molecule has 4 heteroatoms. The molecule has 2 unspecified atom stereocenters. The van der Waals surface area contributed by atoms with Crippen LogP contribution in [0.15, 0.2) is 178 Å². The molecule has 1 saturated heterocycles. The maximum atomic E-state index is 6.69. The fourth-order valence-electron chi connectivity index (χ4n) is 8.41. The van der Waals surface area contributed by atoms with E-state index in [4.69, 9.17) is 13.6 Å². The molecule has 4 nitrogen and oxygen atoms in total. The first-order chi connectivity index (χ1) is 25.7. The van der Waals surface area contributed by atoms with Crippen molar-refractivity contribution < 1.29 is 13.6 Å². The molecule has 248 valence electrons. The number of allylic oxidation sites excluding steroid dienone is 5. The third-order valence-electron chi connectivity index (χ3n) is 10.9. The molecule has 8 aromatic rings. The van der Waals surface area contributed by atoms with Crippen LogP contribution in [-0.2, 0) is 4.74 Å². The van der Waals surface area contributed by atoms with Gasteiger partial charge in [-0.3, -0.25) is 0 Å². The van der Waals surface area contributed by atoms with Crippen LogP contribution in [0.2, 0.25) is 0 Å². The zero-order valence-electron chi connectivity index (χ0n) is 28.3. The number of nitrogens with one attached hydrogen (secondary N) is 1. The maximum absolute atomic E-state index is 6.69. The van der Waals surface area contributed by atoms with Crippen LogP contribution >= 0.6 is 0 Å². The molecule has 0 radical (unpaired) electrons. The summed E-state index contributed by atoms with van der Waals surface area (Å²) in [5.74, 6) is 1.26. The summed E-state index contributed by atoms with van der Waals surface area (Å²) in [7, 11) is 0. The van der Waals surface area contributed by atoms with Gasteiger partial charge in [-0.1, -0.05) is 103 Å². The molecule has 2 atom stereocenters. The van der Waals surface area contributed by atoms with Crippen LogP contribution < -0.4 is 5.32 Å². The molecule has 3 aliphatic rings. The molecule has 11 rings (SSSR count). The van der Waals surface area contributed by atoms with Gasteiger partial charge in [0.1, 0.15) is 28.6 Å². The molecule has 6 aromatic carbocycles. The van der Waals surface area contributed by atoms with E-state index in [-0.39, 0.29) is 12.0 Å². The van der Waals surface area contributed by atoms with Crippen LogP contribution in [0.3, 0.4) is 0 Å². The van der Waals surface area contributed by atoms with Crippen molar-refractivity contribution in [3.63, 3.8) is 0 Å². The van der Waals surface area contributed by atoms with Crippen molar-refractivity contribution in [1.29, 1.82) is 0 Å². The lowest BCUT2D eigenvalue weighted by molar-refractivity contribution is 0.192. The summed E-state index contributed by atoms with van der Waals surface area (Å²) in [5, 5.41) is 8.30. The third kappa shape index (κ3) is 4.61. The summed E-state index contributed by atoms with van der Waals surface area (Å²) < 4.78 is 19.7. The highest BCUT2D eigenvalue weighted by Crippen LogP contribution is 2.48. The van der Waals surface area contributed by atoms with E-state index in [1.54, 1.807) is 0 Å². The molecule has 2 aliphatic carbocycles. The van der Waals surface area contributed by atoms with E-state index >= 15 is 0 Å². The van der Waals surface area contributed by atoms with Crippen LogP contribution in [0, 0.1) is 5.92 Å². The van der Waals surface area contributed by atoms with E-state index < -0.39 is 0 Å². The minimum Gasteiger partial charge on any atom is -0.485 e. The Morgan fingerprint density at radius 1 is 0.538 bits per heavy atom. The number of benzene rings is 6. The zero-order valence-corrected chi connectivity index (χ0v) is 28.3. The van der Waals surface area contributed by atoms with Gasteiger partial charge >= 0.3 is 0 Å². The number of hydrogen-bond acceptors (Lipinski definition) is 4. The fraction of sp³-hybridized carbons (Fsp3) is 0.0833. The average Bonchev–Trinajstić information content (AvgIpc) is 3.89. The Hall–Kier alpha value is -6.52. The van der Waals surface area contributed by atoms with Crippen LogP contribution in [0.5, 0.6) is 0 Å². The summed E-state index contributed by atoms with van der Waals surface area (Å²) in [6.45, 7) is 0. The van der Waals surface area contributed by atoms with Crippen molar-refractivity contribution in [1.82, 2.24) is 0 Å². The van der Waals surface area contributed by atoms with Crippen molar-refractivity contribution >= 4 is 60.8 Å². The van der Waals surface area contributed by atoms with Crippen molar-refractivity contribution in [3.05, 3.63) is 175 Å². The molecule has 1 N–H and O–H groups in total. The summed E-state index contributed by atoms with van der Waals surface area (Å²) in [6, 6.07) is 44.7. The maximum Gasteiger partial charge on any atom is 0.159 e. The fourth-order valence-corrected chi connectivity index (χ4v) is 8.41. The monoisotopic (exact) mass is 671 g/mol. The molecule has 0 amide bonds. The first-order valence-electron chi connectivity index (χ1n) is 18.0. The predicted octanol–water partition coefficient (Wildman–Crippen LogP) is 13.1. The Labute approximate surface area is 300 Å². The van der Waals surface area contributed by atoms with Crippen molar-refractivity contribution in [2.45, 2.75) is 18.9 Å². The van der Waals surface area contributed by atoms with Gasteiger partial charge < -0.3 is 18.9 Å². The van der Waals surface area contributed by atoms with Gasteiger partial charge in [-0.25, -0.2) is 0 Å². The Balaban J connectivity index is 1.10. The lowest BCUT2D eigenvalue weighted by Gasteiger charge is -2.24. The number of para-hydroxylation sites is 2. The van der Waals surface area contributed by atoms with Gasteiger partial charge in [0.2, 0.25) is 0 Å². The van der Waals surface area contributed by atoms with Gasteiger partial charge in [-0.2, -0.15) is 0 Å². The summed E-state index contributed by atoms with van der Waals surface area (Å²) in [4.78, 5) is 0. The summed E-state index contributed by atoms with van der Waals surface area (Å²) in [5.41, 5.74) is 13.3. The highest BCUT2D eigenvalue weighted by Gasteiger charge is 2.39. The van der Waals surface area contributed by atoms with E-state index in [0.717, 1.165) is 102 Å². The van der Waals surface area contributed by atoms with Crippen molar-refractivity contribution in [2.24, 2.45) is 5.92 Å². The zero-order chi connectivity index (χ0) is 34.2. The topological polar surface area (TPSA) is 47.5 Å². The standard InChI is InChI=1S/C48H33NO3/c1-2-11-29(12-3-1)31-25-32(35-16-10-17-40-37-14-5-8-19-43(37)51-47(35)40)27-33(26-31)49-46-34(23-24-41-38-15-6-9-20-44(38)52-48(41)46)30-21-22-39-36-13-4-7-18-42(36)50-45(39)28-30/h1-4,6-7,9-28,40,47,49H,5,8H2. The molecule has 1 fully saturated rings. The second-order valence-electron chi connectivity index (χ2n) is 13.9. The van der Waals surface area contributed by atoms with Gasteiger partial charge in [-0.15, -0.1) is 0 Å². The number of hydrogen-bond donors (Lipinski definition) is 1. The lowest BCUT2D eigenvalue weighted by atomic mass is 9.82. The molecule has 52 heavy (non-hydrogen) atoms. The molecular formula is C48H33NO3. The first kappa shape index (κ1) is 29.2. The lowest BCUT2D eigenvalue weighted by Crippen LogP contribution is -2.19. The molecule has 2 aromatic heterocycles. The highest BCUT2D eigenvalue weighted by atomic mass is 16.5. The minimum absolute atomic E-state index is 0.0654. The summed E-state index contributed by atoms with van der Waals surface area (Å²) in [6.07, 6.45) is 13.4. The van der Waals surface area contributed by atoms with Crippen LogP contribution in [0.1, 0.15) is 18.4 Å². The Kier molecular flexibility index (Phi) is 6.47. The van der Waals surface area contributed by atoms with E-state index in [1.807, 2.05) is 24.3 Å². The van der Waals surface area contributed by atoms with E-state index in [9.17, 15) is 0 Å². The van der Waals surface area contributed by atoms with Crippen molar-refractivity contribution in [2.75, 3.05) is 5.32 Å². The second kappa shape index (κ2) is 11.5. The predicted molar refractivity (Wildman–Crippen MR) is 212 cm³/mol. The van der Waals surface area contributed by atoms with E-state index in [1.165, 1.54) is 11.1 Å². The molecular weight excluding hydrogens is 639 g/mol.